The zero-order valence-electron chi connectivity index (χ0n) is 13.2. The van der Waals surface area contributed by atoms with E-state index in [2.05, 4.69) is 49.3 Å². The Labute approximate surface area is 132 Å². The van der Waals surface area contributed by atoms with Gasteiger partial charge in [-0.3, -0.25) is 0 Å². The molecule has 0 radical (unpaired) electrons. The van der Waals surface area contributed by atoms with E-state index in [0.29, 0.717) is 25.2 Å². The molecule has 0 amide bonds. The molecule has 0 aromatic heterocycles. The largest absolute Gasteiger partial charge is 0.348 e. The van der Waals surface area contributed by atoms with Gasteiger partial charge in [0.1, 0.15) is 0 Å². The summed E-state index contributed by atoms with van der Waals surface area (Å²) in [4.78, 5) is 2.25. The van der Waals surface area contributed by atoms with E-state index in [0.717, 1.165) is 5.56 Å². The van der Waals surface area contributed by atoms with Crippen molar-refractivity contribution < 1.29 is 9.47 Å². The van der Waals surface area contributed by atoms with Crippen molar-refractivity contribution in [3.05, 3.63) is 71.8 Å². The van der Waals surface area contributed by atoms with E-state index >= 15 is 0 Å². The normalized spacial score (nSPS) is 23.4. The minimum Gasteiger partial charge on any atom is -0.348 e. The number of hydrogen-bond acceptors (Lipinski definition) is 3. The molecule has 22 heavy (non-hydrogen) atoms. The molecule has 1 heterocycles. The number of nitrogens with zero attached hydrogens (tertiary/aromatic N) is 1. The van der Waals surface area contributed by atoms with E-state index in [-0.39, 0.29) is 6.29 Å². The average molecular weight is 297 g/mol. The minimum absolute atomic E-state index is 0.240. The van der Waals surface area contributed by atoms with Gasteiger partial charge in [0, 0.05) is 17.5 Å². The first-order valence-corrected chi connectivity index (χ1v) is 7.75. The van der Waals surface area contributed by atoms with Gasteiger partial charge >= 0.3 is 0 Å². The molecule has 1 fully saturated rings. The van der Waals surface area contributed by atoms with Crippen LogP contribution in [0.25, 0.3) is 0 Å². The maximum absolute atomic E-state index is 5.98. The van der Waals surface area contributed by atoms with Crippen molar-refractivity contribution >= 4 is 0 Å². The maximum atomic E-state index is 5.98. The number of ether oxygens (including phenoxy) is 2. The molecule has 3 rings (SSSR count). The number of hydrogen-bond donors (Lipinski definition) is 0. The van der Waals surface area contributed by atoms with Gasteiger partial charge in [-0.05, 0) is 19.7 Å². The Morgan fingerprint density at radius 3 is 1.95 bits per heavy atom. The first kappa shape index (κ1) is 15.2. The van der Waals surface area contributed by atoms with Crippen molar-refractivity contribution in [3.63, 3.8) is 0 Å². The minimum atomic E-state index is -0.240. The Morgan fingerprint density at radius 1 is 0.864 bits per heavy atom. The van der Waals surface area contributed by atoms with E-state index in [1.54, 1.807) is 0 Å². The quantitative estimate of drug-likeness (QED) is 0.860. The summed E-state index contributed by atoms with van der Waals surface area (Å²) in [5.74, 6) is 0.331. The zero-order valence-corrected chi connectivity index (χ0v) is 13.2. The van der Waals surface area contributed by atoms with Gasteiger partial charge in [0.05, 0.1) is 13.2 Å². The van der Waals surface area contributed by atoms with Gasteiger partial charge in [0.25, 0.3) is 0 Å². The summed E-state index contributed by atoms with van der Waals surface area (Å²) in [5.41, 5.74) is 2.39. The van der Waals surface area contributed by atoms with E-state index in [9.17, 15) is 0 Å². The average Bonchev–Trinajstić information content (AvgIpc) is 2.57. The molecule has 0 bridgehead atoms. The summed E-state index contributed by atoms with van der Waals surface area (Å²) in [5, 5.41) is 0. The van der Waals surface area contributed by atoms with Crippen LogP contribution >= 0.6 is 0 Å². The fourth-order valence-corrected chi connectivity index (χ4v) is 3.15. The van der Waals surface area contributed by atoms with Crippen molar-refractivity contribution in [1.29, 1.82) is 0 Å². The lowest BCUT2D eigenvalue weighted by molar-refractivity contribution is -0.213. The third kappa shape index (κ3) is 3.38. The van der Waals surface area contributed by atoms with Crippen LogP contribution < -0.4 is 0 Å². The standard InChI is InChI=1S/C19H23NO2/c1-20(2)18(15-9-5-3-6-10-15)17-13-21-19(22-14-17)16-11-7-4-8-12-16/h3-12,17-19H,13-14H2,1-2H3. The highest BCUT2D eigenvalue weighted by Gasteiger charge is 2.31. The van der Waals surface area contributed by atoms with Crippen LogP contribution in [0, 0.1) is 5.92 Å². The lowest BCUT2D eigenvalue weighted by Gasteiger charge is -2.37. The molecular formula is C19H23NO2. The van der Waals surface area contributed by atoms with Gasteiger partial charge in [-0.15, -0.1) is 0 Å². The van der Waals surface area contributed by atoms with Crippen LogP contribution in [0.15, 0.2) is 60.7 Å². The van der Waals surface area contributed by atoms with E-state index < -0.39 is 0 Å². The smallest absolute Gasteiger partial charge is 0.183 e. The Morgan fingerprint density at radius 2 is 1.41 bits per heavy atom. The molecule has 1 aliphatic rings. The molecule has 3 heteroatoms. The molecule has 0 N–H and O–H groups in total. The van der Waals surface area contributed by atoms with Gasteiger partial charge in [0.15, 0.2) is 6.29 Å². The van der Waals surface area contributed by atoms with Gasteiger partial charge in [-0.1, -0.05) is 60.7 Å². The molecule has 2 aromatic rings. The van der Waals surface area contributed by atoms with Crippen molar-refractivity contribution in [2.75, 3.05) is 27.3 Å². The highest BCUT2D eigenvalue weighted by molar-refractivity contribution is 5.20. The second-order valence-corrected chi connectivity index (χ2v) is 5.99. The first-order chi connectivity index (χ1) is 10.8. The van der Waals surface area contributed by atoms with E-state index in [1.807, 2.05) is 30.3 Å². The van der Waals surface area contributed by atoms with Crippen LogP contribution in [0.3, 0.4) is 0 Å². The molecule has 1 atom stereocenters. The van der Waals surface area contributed by atoms with Gasteiger partial charge in [0.2, 0.25) is 0 Å². The summed E-state index contributed by atoms with van der Waals surface area (Å²) in [6.45, 7) is 1.41. The van der Waals surface area contributed by atoms with Crippen LogP contribution in [-0.2, 0) is 9.47 Å². The Balaban J connectivity index is 1.69. The lowest BCUT2D eigenvalue weighted by atomic mass is 9.92. The molecule has 0 aliphatic carbocycles. The summed E-state index contributed by atoms with van der Waals surface area (Å²) in [6, 6.07) is 21.0. The highest BCUT2D eigenvalue weighted by Crippen LogP contribution is 2.33. The predicted molar refractivity (Wildman–Crippen MR) is 87.4 cm³/mol. The topological polar surface area (TPSA) is 21.7 Å². The van der Waals surface area contributed by atoms with Crippen molar-refractivity contribution in [2.45, 2.75) is 12.3 Å². The summed E-state index contributed by atoms with van der Waals surface area (Å²) < 4.78 is 12.0. The van der Waals surface area contributed by atoms with Crippen LogP contribution in [0.5, 0.6) is 0 Å². The van der Waals surface area contributed by atoms with Gasteiger partial charge in [-0.2, -0.15) is 0 Å². The second-order valence-electron chi connectivity index (χ2n) is 5.99. The van der Waals surface area contributed by atoms with E-state index in [1.165, 1.54) is 5.56 Å². The molecule has 116 valence electrons. The van der Waals surface area contributed by atoms with Crippen LogP contribution in [0.4, 0.5) is 0 Å². The van der Waals surface area contributed by atoms with E-state index in [4.69, 9.17) is 9.47 Å². The fraction of sp³-hybridized carbons (Fsp3) is 0.368. The number of rotatable bonds is 4. The Kier molecular flexibility index (Phi) is 4.88. The fourth-order valence-electron chi connectivity index (χ4n) is 3.15. The van der Waals surface area contributed by atoms with Crippen LogP contribution in [0.2, 0.25) is 0 Å². The second kappa shape index (κ2) is 7.05. The molecule has 0 spiro atoms. The third-order valence-electron chi connectivity index (χ3n) is 4.14. The Hall–Kier alpha value is -1.68. The SMILES string of the molecule is CN(C)C(c1ccccc1)C1COC(c2ccccc2)OC1. The van der Waals surface area contributed by atoms with Crippen LogP contribution in [-0.4, -0.2) is 32.2 Å². The Bertz CT molecular complexity index is 563. The molecule has 2 aromatic carbocycles. The maximum Gasteiger partial charge on any atom is 0.183 e. The molecular weight excluding hydrogens is 274 g/mol. The number of benzene rings is 2. The first-order valence-electron chi connectivity index (χ1n) is 7.75. The summed E-state index contributed by atoms with van der Waals surface area (Å²) >= 11 is 0. The van der Waals surface area contributed by atoms with Crippen LogP contribution in [0.1, 0.15) is 23.5 Å². The van der Waals surface area contributed by atoms with Gasteiger partial charge < -0.3 is 14.4 Å². The third-order valence-corrected chi connectivity index (χ3v) is 4.14. The summed E-state index contributed by atoms with van der Waals surface area (Å²) in [6.07, 6.45) is -0.240. The zero-order chi connectivity index (χ0) is 15.4. The van der Waals surface area contributed by atoms with Crippen molar-refractivity contribution in [1.82, 2.24) is 4.90 Å². The van der Waals surface area contributed by atoms with Crippen molar-refractivity contribution in [2.24, 2.45) is 5.92 Å². The molecule has 3 nitrogen and oxygen atoms in total. The predicted octanol–water partition coefficient (Wildman–Crippen LogP) is 3.65. The molecule has 1 unspecified atom stereocenters. The molecule has 1 saturated heterocycles. The van der Waals surface area contributed by atoms with Gasteiger partial charge in [-0.25, -0.2) is 0 Å². The van der Waals surface area contributed by atoms with Crippen molar-refractivity contribution in [3.8, 4) is 0 Å². The molecule has 1 aliphatic heterocycles. The highest BCUT2D eigenvalue weighted by atomic mass is 16.7. The summed E-state index contributed by atoms with van der Waals surface area (Å²) in [7, 11) is 4.22. The monoisotopic (exact) mass is 297 g/mol. The lowest BCUT2D eigenvalue weighted by Crippen LogP contribution is -2.37. The molecule has 0 saturated carbocycles.